The van der Waals surface area contributed by atoms with Crippen molar-refractivity contribution in [1.29, 1.82) is 0 Å². The van der Waals surface area contributed by atoms with Crippen LogP contribution < -0.4 is 5.32 Å². The molecule has 3 heterocycles. The van der Waals surface area contributed by atoms with E-state index in [1.165, 1.54) is 12.3 Å². The van der Waals surface area contributed by atoms with Crippen molar-refractivity contribution in [3.63, 3.8) is 0 Å². The summed E-state index contributed by atoms with van der Waals surface area (Å²) in [6, 6.07) is 8.90. The van der Waals surface area contributed by atoms with E-state index in [9.17, 15) is 4.39 Å². The number of nitrogens with one attached hydrogen (secondary N) is 1. The fourth-order valence-electron chi connectivity index (χ4n) is 1.80. The number of aromatic nitrogens is 3. The van der Waals surface area contributed by atoms with Gasteiger partial charge >= 0.3 is 0 Å². The van der Waals surface area contributed by atoms with Crippen LogP contribution in [-0.4, -0.2) is 14.6 Å². The second-order valence-corrected chi connectivity index (χ2v) is 3.92. The van der Waals surface area contributed by atoms with E-state index in [1.807, 2.05) is 35.1 Å². The first-order valence-electron chi connectivity index (χ1n) is 5.59. The van der Waals surface area contributed by atoms with Gasteiger partial charge in [0.15, 0.2) is 0 Å². The number of rotatable bonds is 3. The molecule has 0 aliphatic rings. The van der Waals surface area contributed by atoms with Crippen molar-refractivity contribution in [3.05, 3.63) is 60.4 Å². The summed E-state index contributed by atoms with van der Waals surface area (Å²) in [5, 5.41) is 7.43. The van der Waals surface area contributed by atoms with Gasteiger partial charge in [-0.2, -0.15) is 9.49 Å². The third-order valence-corrected chi connectivity index (χ3v) is 2.72. The lowest BCUT2D eigenvalue weighted by atomic mass is 10.2. The molecule has 5 heteroatoms. The van der Waals surface area contributed by atoms with Gasteiger partial charge in [0.05, 0.1) is 23.6 Å². The molecule has 0 bridgehead atoms. The van der Waals surface area contributed by atoms with Gasteiger partial charge in [0.1, 0.15) is 0 Å². The van der Waals surface area contributed by atoms with E-state index >= 15 is 0 Å². The quantitative estimate of drug-likeness (QED) is 0.717. The first-order valence-corrected chi connectivity index (χ1v) is 5.59. The van der Waals surface area contributed by atoms with Gasteiger partial charge in [-0.1, -0.05) is 6.07 Å². The van der Waals surface area contributed by atoms with Gasteiger partial charge < -0.3 is 5.32 Å². The molecule has 3 rings (SSSR count). The zero-order valence-corrected chi connectivity index (χ0v) is 9.55. The summed E-state index contributed by atoms with van der Waals surface area (Å²) in [6.07, 6.45) is 5.19. The number of pyridine rings is 2. The van der Waals surface area contributed by atoms with Crippen molar-refractivity contribution in [1.82, 2.24) is 14.6 Å². The molecule has 0 aliphatic carbocycles. The van der Waals surface area contributed by atoms with Crippen LogP contribution >= 0.6 is 0 Å². The predicted octanol–water partition coefficient (Wildman–Crippen LogP) is 2.48. The Bertz CT molecular complexity index is 660. The van der Waals surface area contributed by atoms with Crippen molar-refractivity contribution >= 4 is 11.2 Å². The second kappa shape index (κ2) is 4.44. The van der Waals surface area contributed by atoms with Crippen LogP contribution in [0.5, 0.6) is 0 Å². The lowest BCUT2D eigenvalue weighted by Gasteiger charge is -2.04. The molecule has 0 aliphatic heterocycles. The van der Waals surface area contributed by atoms with Gasteiger partial charge in [0.2, 0.25) is 5.95 Å². The molecule has 0 unspecified atom stereocenters. The molecular formula is C13H11FN4. The van der Waals surface area contributed by atoms with Crippen LogP contribution in [0.25, 0.3) is 5.52 Å². The number of fused-ring (bicyclic) bond motifs is 1. The Morgan fingerprint density at radius 3 is 2.94 bits per heavy atom. The van der Waals surface area contributed by atoms with Crippen LogP contribution in [0.1, 0.15) is 5.56 Å². The highest BCUT2D eigenvalue weighted by Gasteiger charge is 2.02. The van der Waals surface area contributed by atoms with Crippen molar-refractivity contribution in [2.45, 2.75) is 6.54 Å². The summed E-state index contributed by atoms with van der Waals surface area (Å²) < 4.78 is 14.5. The lowest BCUT2D eigenvalue weighted by molar-refractivity contribution is 0.584. The van der Waals surface area contributed by atoms with Gasteiger partial charge in [-0.05, 0) is 24.3 Å². The Hall–Kier alpha value is -2.43. The average molecular weight is 242 g/mol. The normalized spacial score (nSPS) is 10.7. The fourth-order valence-corrected chi connectivity index (χ4v) is 1.80. The summed E-state index contributed by atoms with van der Waals surface area (Å²) in [5.41, 5.74) is 2.92. The highest BCUT2D eigenvalue weighted by Crippen LogP contribution is 2.12. The van der Waals surface area contributed by atoms with Gasteiger partial charge in [-0.25, -0.2) is 9.50 Å². The molecule has 0 saturated heterocycles. The van der Waals surface area contributed by atoms with E-state index in [2.05, 4.69) is 15.4 Å². The lowest BCUT2D eigenvalue weighted by Crippen LogP contribution is -1.99. The SMILES string of the molecule is Fc1ccc(NCc2cnn3ccccc23)cn1. The Labute approximate surface area is 103 Å². The molecule has 3 aromatic heterocycles. The Balaban J connectivity index is 1.79. The molecule has 0 aromatic carbocycles. The third-order valence-electron chi connectivity index (χ3n) is 2.72. The minimum Gasteiger partial charge on any atom is -0.380 e. The maximum Gasteiger partial charge on any atom is 0.212 e. The maximum absolute atomic E-state index is 12.7. The summed E-state index contributed by atoms with van der Waals surface area (Å²) in [7, 11) is 0. The molecule has 0 amide bonds. The zero-order valence-electron chi connectivity index (χ0n) is 9.55. The van der Waals surface area contributed by atoms with Gasteiger partial charge in [-0.15, -0.1) is 0 Å². The number of hydrogen-bond acceptors (Lipinski definition) is 3. The van der Waals surface area contributed by atoms with Crippen LogP contribution in [0.15, 0.2) is 48.9 Å². The minimum atomic E-state index is -0.475. The van der Waals surface area contributed by atoms with E-state index in [0.29, 0.717) is 6.54 Å². The standard InChI is InChI=1S/C13H11FN4/c14-13-5-4-11(9-16-13)15-7-10-8-17-18-6-2-1-3-12(10)18/h1-6,8-9,15H,7H2. The van der Waals surface area contributed by atoms with Gasteiger partial charge in [0.25, 0.3) is 0 Å². The average Bonchev–Trinajstić information content (AvgIpc) is 2.82. The molecule has 3 aromatic rings. The number of nitrogens with zero attached hydrogens (tertiary/aromatic N) is 3. The highest BCUT2D eigenvalue weighted by molar-refractivity contribution is 5.55. The summed E-state index contributed by atoms with van der Waals surface area (Å²) >= 11 is 0. The third kappa shape index (κ3) is 2.02. The monoisotopic (exact) mass is 242 g/mol. The maximum atomic E-state index is 12.7. The molecule has 4 nitrogen and oxygen atoms in total. The van der Waals surface area contributed by atoms with Crippen LogP contribution in [-0.2, 0) is 6.54 Å². The van der Waals surface area contributed by atoms with Gasteiger partial charge in [0, 0.05) is 18.3 Å². The van der Waals surface area contributed by atoms with Crippen molar-refractivity contribution in [2.24, 2.45) is 0 Å². The van der Waals surface area contributed by atoms with Crippen LogP contribution in [0.4, 0.5) is 10.1 Å². The molecule has 18 heavy (non-hydrogen) atoms. The Morgan fingerprint density at radius 1 is 1.17 bits per heavy atom. The molecular weight excluding hydrogens is 231 g/mol. The number of anilines is 1. The number of hydrogen-bond donors (Lipinski definition) is 1. The van der Waals surface area contributed by atoms with Gasteiger partial charge in [-0.3, -0.25) is 0 Å². The van der Waals surface area contributed by atoms with Crippen molar-refractivity contribution in [3.8, 4) is 0 Å². The molecule has 90 valence electrons. The first kappa shape index (κ1) is 10.7. The van der Waals surface area contributed by atoms with E-state index in [0.717, 1.165) is 16.8 Å². The zero-order chi connectivity index (χ0) is 12.4. The fraction of sp³-hybridized carbons (Fsp3) is 0.0769. The van der Waals surface area contributed by atoms with Crippen LogP contribution in [0.2, 0.25) is 0 Å². The second-order valence-electron chi connectivity index (χ2n) is 3.92. The van der Waals surface area contributed by atoms with E-state index in [-0.39, 0.29) is 0 Å². The Kier molecular flexibility index (Phi) is 2.64. The molecule has 0 spiro atoms. The highest BCUT2D eigenvalue weighted by atomic mass is 19.1. The Morgan fingerprint density at radius 2 is 2.11 bits per heavy atom. The molecule has 0 fully saturated rings. The van der Waals surface area contributed by atoms with E-state index in [4.69, 9.17) is 0 Å². The predicted molar refractivity (Wildman–Crippen MR) is 66.7 cm³/mol. The topological polar surface area (TPSA) is 42.2 Å². The van der Waals surface area contributed by atoms with Crippen LogP contribution in [0.3, 0.4) is 0 Å². The largest absolute Gasteiger partial charge is 0.380 e. The summed E-state index contributed by atoms with van der Waals surface area (Å²) in [6.45, 7) is 0.626. The molecule has 0 atom stereocenters. The van der Waals surface area contributed by atoms with Crippen molar-refractivity contribution in [2.75, 3.05) is 5.32 Å². The molecule has 0 radical (unpaired) electrons. The van der Waals surface area contributed by atoms with Crippen molar-refractivity contribution < 1.29 is 4.39 Å². The smallest absolute Gasteiger partial charge is 0.212 e. The molecule has 0 saturated carbocycles. The van der Waals surface area contributed by atoms with Crippen LogP contribution in [0, 0.1) is 5.95 Å². The molecule has 1 N–H and O–H groups in total. The number of halogens is 1. The first-order chi connectivity index (χ1) is 8.83. The minimum absolute atomic E-state index is 0.475. The summed E-state index contributed by atoms with van der Waals surface area (Å²) in [5.74, 6) is -0.475. The summed E-state index contributed by atoms with van der Waals surface area (Å²) in [4.78, 5) is 3.59. The van der Waals surface area contributed by atoms with E-state index < -0.39 is 5.95 Å². The van der Waals surface area contributed by atoms with E-state index in [1.54, 1.807) is 6.07 Å².